The van der Waals surface area contributed by atoms with E-state index in [2.05, 4.69) is 21.3 Å². The Hall–Kier alpha value is -4.61. The van der Waals surface area contributed by atoms with Crippen LogP contribution in [0.4, 0.5) is 4.79 Å². The van der Waals surface area contributed by atoms with Crippen molar-refractivity contribution in [2.45, 2.75) is 24.9 Å². The zero-order valence-electron chi connectivity index (χ0n) is 22.4. The maximum atomic E-state index is 13.3. The monoisotopic (exact) mass is 550 g/mol. The summed E-state index contributed by atoms with van der Waals surface area (Å²) in [4.78, 5) is 67.7. The van der Waals surface area contributed by atoms with Crippen LogP contribution in [0.3, 0.4) is 0 Å². The number of urea groups is 1. The topological polar surface area (TPSA) is 149 Å². The number of rotatable bonds is 6. The molecule has 6 amide bonds. The Morgan fingerprint density at radius 3 is 2.50 bits per heavy atom. The largest absolute Gasteiger partial charge is 0.491 e. The van der Waals surface area contributed by atoms with Crippen LogP contribution in [0.25, 0.3) is 0 Å². The number of hydrogen-bond donors (Lipinski definition) is 4. The Morgan fingerprint density at radius 2 is 1.75 bits per heavy atom. The first-order valence-electron chi connectivity index (χ1n) is 13.2. The average Bonchev–Trinajstić information content (AvgIpc) is 3.36. The number of nitrogens with zero attached hydrogens (tertiary/aromatic N) is 2. The third kappa shape index (κ3) is 7.49. The minimum atomic E-state index is -1.24. The zero-order chi connectivity index (χ0) is 28.5. The van der Waals surface area contributed by atoms with Gasteiger partial charge in [-0.05, 0) is 17.7 Å². The first kappa shape index (κ1) is 28.4. The standard InChI is InChI=1S/C28H34N6O6/c1-33-15-16-40-23-10-6-5-9-20(23)25(36)32-21(26(37)29-11-13-34-14-12-30-28(34)39)18-24(35)31-22(27(33)38)17-19-7-3-2-4-8-19/h2-10,21-22H,11-18H2,1H3,(H,29,37)(H,30,39)(H,31,35)(H,32,36)/t21-,22-/m0/s1. The van der Waals surface area contributed by atoms with Crippen molar-refractivity contribution in [1.82, 2.24) is 31.1 Å². The van der Waals surface area contributed by atoms with Gasteiger partial charge in [-0.3, -0.25) is 19.2 Å². The molecule has 0 unspecified atom stereocenters. The number of hydrogen-bond acceptors (Lipinski definition) is 6. The van der Waals surface area contributed by atoms with Crippen LogP contribution in [0.15, 0.2) is 54.6 Å². The fraction of sp³-hybridized carbons (Fsp3) is 0.393. The third-order valence-electron chi connectivity index (χ3n) is 6.75. The summed E-state index contributed by atoms with van der Waals surface area (Å²) in [6, 6.07) is 13.5. The highest BCUT2D eigenvalue weighted by Crippen LogP contribution is 2.19. The molecule has 2 aliphatic rings. The summed E-state index contributed by atoms with van der Waals surface area (Å²) in [5.74, 6) is -1.74. The molecule has 12 heteroatoms. The van der Waals surface area contributed by atoms with E-state index in [-0.39, 0.29) is 50.2 Å². The number of likely N-dealkylation sites (N-methyl/N-ethyl adjacent to an activating group) is 1. The highest BCUT2D eigenvalue weighted by Gasteiger charge is 2.30. The molecule has 2 atom stereocenters. The molecule has 212 valence electrons. The van der Waals surface area contributed by atoms with Crippen LogP contribution in [0.1, 0.15) is 22.3 Å². The van der Waals surface area contributed by atoms with E-state index in [1.807, 2.05) is 30.3 Å². The maximum Gasteiger partial charge on any atom is 0.317 e. The van der Waals surface area contributed by atoms with Crippen molar-refractivity contribution in [3.63, 3.8) is 0 Å². The first-order valence-corrected chi connectivity index (χ1v) is 13.2. The van der Waals surface area contributed by atoms with Gasteiger partial charge in [0.2, 0.25) is 17.7 Å². The molecule has 1 saturated heterocycles. The summed E-state index contributed by atoms with van der Waals surface area (Å²) in [5.41, 5.74) is 1.05. The van der Waals surface area contributed by atoms with E-state index in [1.54, 1.807) is 36.2 Å². The predicted molar refractivity (Wildman–Crippen MR) is 146 cm³/mol. The average molecular weight is 551 g/mol. The summed E-state index contributed by atoms with van der Waals surface area (Å²) in [7, 11) is 1.62. The van der Waals surface area contributed by atoms with Gasteiger partial charge in [-0.25, -0.2) is 4.79 Å². The number of fused-ring (bicyclic) bond motifs is 1. The number of nitrogens with one attached hydrogen (secondary N) is 4. The van der Waals surface area contributed by atoms with Crippen LogP contribution in [0.5, 0.6) is 5.75 Å². The summed E-state index contributed by atoms with van der Waals surface area (Å²) in [6.45, 7) is 1.83. The van der Waals surface area contributed by atoms with Crippen LogP contribution in [0.2, 0.25) is 0 Å². The number of carbonyl (C=O) groups excluding carboxylic acids is 5. The molecule has 4 rings (SSSR count). The molecule has 2 aromatic carbocycles. The van der Waals surface area contributed by atoms with E-state index in [0.717, 1.165) is 5.56 Å². The predicted octanol–water partition coefficient (Wildman–Crippen LogP) is -0.105. The fourth-order valence-corrected chi connectivity index (χ4v) is 4.54. The van der Waals surface area contributed by atoms with Gasteiger partial charge in [-0.1, -0.05) is 42.5 Å². The first-order chi connectivity index (χ1) is 19.3. The molecule has 0 bridgehead atoms. The van der Waals surface area contributed by atoms with Gasteiger partial charge in [0.25, 0.3) is 5.91 Å². The molecule has 12 nitrogen and oxygen atoms in total. The second-order valence-corrected chi connectivity index (χ2v) is 9.65. The summed E-state index contributed by atoms with van der Waals surface area (Å²) < 4.78 is 5.84. The smallest absolute Gasteiger partial charge is 0.317 e. The summed E-state index contributed by atoms with van der Waals surface area (Å²) >= 11 is 0. The van der Waals surface area contributed by atoms with Gasteiger partial charge in [0.1, 0.15) is 24.4 Å². The Labute approximate surface area is 232 Å². The maximum absolute atomic E-state index is 13.3. The zero-order valence-corrected chi connectivity index (χ0v) is 22.4. The van der Waals surface area contributed by atoms with Gasteiger partial charge in [-0.15, -0.1) is 0 Å². The Bertz CT molecular complexity index is 1240. The number of para-hydroxylation sites is 1. The fourth-order valence-electron chi connectivity index (χ4n) is 4.54. The lowest BCUT2D eigenvalue weighted by atomic mass is 10.0. The van der Waals surface area contributed by atoms with Crippen LogP contribution in [0, 0.1) is 0 Å². The van der Waals surface area contributed by atoms with E-state index in [0.29, 0.717) is 18.8 Å². The van der Waals surface area contributed by atoms with Crippen LogP contribution in [-0.4, -0.2) is 97.9 Å². The molecular weight excluding hydrogens is 516 g/mol. The van der Waals surface area contributed by atoms with Crippen molar-refractivity contribution in [3.05, 3.63) is 65.7 Å². The molecule has 1 fully saturated rings. The molecule has 40 heavy (non-hydrogen) atoms. The molecule has 0 saturated carbocycles. The minimum absolute atomic E-state index is 0.118. The lowest BCUT2D eigenvalue weighted by molar-refractivity contribution is -0.136. The SMILES string of the molecule is CN1CCOc2ccccc2C(=O)N[C@H](C(=O)NCCN2CCNC2=O)CC(=O)N[C@@H](Cc2ccccc2)C1=O. The van der Waals surface area contributed by atoms with Crippen molar-refractivity contribution in [1.29, 1.82) is 0 Å². The Balaban J connectivity index is 1.54. The molecule has 2 heterocycles. The van der Waals surface area contributed by atoms with Crippen molar-refractivity contribution >= 4 is 29.7 Å². The van der Waals surface area contributed by atoms with Gasteiger partial charge < -0.3 is 35.8 Å². The van der Waals surface area contributed by atoms with Gasteiger partial charge in [-0.2, -0.15) is 0 Å². The molecule has 0 spiro atoms. The van der Waals surface area contributed by atoms with Crippen molar-refractivity contribution in [3.8, 4) is 5.75 Å². The summed E-state index contributed by atoms with van der Waals surface area (Å²) in [5, 5.41) is 10.8. The quantitative estimate of drug-likeness (QED) is 0.395. The van der Waals surface area contributed by atoms with E-state index >= 15 is 0 Å². The minimum Gasteiger partial charge on any atom is -0.491 e. The molecule has 2 aromatic rings. The normalized spacial score (nSPS) is 20.4. The molecule has 2 aliphatic heterocycles. The van der Waals surface area contributed by atoms with Crippen LogP contribution < -0.4 is 26.0 Å². The van der Waals surface area contributed by atoms with Gasteiger partial charge in [0.15, 0.2) is 0 Å². The van der Waals surface area contributed by atoms with Gasteiger partial charge in [0.05, 0.1) is 18.5 Å². The second-order valence-electron chi connectivity index (χ2n) is 9.65. The summed E-state index contributed by atoms with van der Waals surface area (Å²) in [6.07, 6.45) is -0.145. The highest BCUT2D eigenvalue weighted by molar-refractivity contribution is 6.01. The molecule has 0 radical (unpaired) electrons. The van der Waals surface area contributed by atoms with Crippen molar-refractivity contribution in [2.75, 3.05) is 46.4 Å². The van der Waals surface area contributed by atoms with E-state index in [1.165, 1.54) is 4.90 Å². The molecule has 0 aliphatic carbocycles. The highest BCUT2D eigenvalue weighted by atomic mass is 16.5. The lowest BCUT2D eigenvalue weighted by Crippen LogP contribution is -2.53. The number of benzene rings is 2. The second kappa shape index (κ2) is 13.5. The lowest BCUT2D eigenvalue weighted by Gasteiger charge is -2.27. The Morgan fingerprint density at radius 1 is 1.00 bits per heavy atom. The molecule has 0 aromatic heterocycles. The van der Waals surface area contributed by atoms with Crippen LogP contribution >= 0.6 is 0 Å². The van der Waals surface area contributed by atoms with E-state index < -0.39 is 36.2 Å². The van der Waals surface area contributed by atoms with E-state index in [4.69, 9.17) is 4.74 Å². The van der Waals surface area contributed by atoms with E-state index in [9.17, 15) is 24.0 Å². The number of ether oxygens (including phenoxy) is 1. The van der Waals surface area contributed by atoms with Gasteiger partial charge >= 0.3 is 6.03 Å². The molecular formula is C28H34N6O6. The third-order valence-corrected chi connectivity index (χ3v) is 6.75. The Kier molecular flexibility index (Phi) is 9.55. The van der Waals surface area contributed by atoms with Crippen molar-refractivity contribution in [2.24, 2.45) is 0 Å². The van der Waals surface area contributed by atoms with Gasteiger partial charge in [0, 0.05) is 39.6 Å². The molecule has 4 N–H and O–H groups in total. The van der Waals surface area contributed by atoms with Crippen molar-refractivity contribution < 1.29 is 28.7 Å². The van der Waals surface area contributed by atoms with Crippen LogP contribution in [-0.2, 0) is 20.8 Å². The number of amides is 6. The number of carbonyl (C=O) groups is 5.